The molecular weight excluding hydrogens is 302 g/mol. The molecule has 3 aromatic rings. The average Bonchev–Trinajstić information content (AvgIpc) is 2.93. The molecule has 0 unspecified atom stereocenters. The van der Waals surface area contributed by atoms with Crippen molar-refractivity contribution in [3.63, 3.8) is 0 Å². The Hall–Kier alpha value is -3.09. The van der Waals surface area contributed by atoms with Gasteiger partial charge in [-0.2, -0.15) is 0 Å². The molecule has 0 saturated carbocycles. The molecule has 0 aliphatic heterocycles. The lowest BCUT2D eigenvalue weighted by atomic mass is 10.1. The number of hydrogen-bond donors (Lipinski definition) is 1. The third-order valence-electron chi connectivity index (χ3n) is 3.30. The number of benzene rings is 2. The quantitative estimate of drug-likeness (QED) is 0.808. The summed E-state index contributed by atoms with van der Waals surface area (Å²) < 4.78 is 28.4. The summed E-state index contributed by atoms with van der Waals surface area (Å²) in [5.74, 6) is -1.77. The van der Waals surface area contributed by atoms with Crippen LogP contribution in [0.1, 0.15) is 10.4 Å². The van der Waals surface area contributed by atoms with E-state index in [1.807, 2.05) is 0 Å². The molecule has 0 radical (unpaired) electrons. The molecule has 5 nitrogen and oxygen atoms in total. The number of nitrogens with one attached hydrogen (secondary N) is 1. The van der Waals surface area contributed by atoms with Gasteiger partial charge >= 0.3 is 0 Å². The molecule has 0 bridgehead atoms. The summed E-state index contributed by atoms with van der Waals surface area (Å²) in [7, 11) is 1.77. The van der Waals surface area contributed by atoms with Crippen LogP contribution in [0.4, 0.5) is 14.5 Å². The lowest BCUT2D eigenvalue weighted by molar-refractivity contribution is 0.102. The highest BCUT2D eigenvalue weighted by molar-refractivity contribution is 6.06. The summed E-state index contributed by atoms with van der Waals surface area (Å²) in [4.78, 5) is 12.2. The Morgan fingerprint density at radius 1 is 1.17 bits per heavy atom. The number of hydrogen-bond acceptors (Lipinski definition) is 3. The molecule has 0 aliphatic carbocycles. The first kappa shape index (κ1) is 14.8. The molecule has 0 spiro atoms. The van der Waals surface area contributed by atoms with Crippen LogP contribution in [0, 0.1) is 11.6 Å². The van der Waals surface area contributed by atoms with Crippen LogP contribution in [0.25, 0.3) is 11.4 Å². The van der Waals surface area contributed by atoms with Gasteiger partial charge in [-0.3, -0.25) is 4.79 Å². The Kier molecular flexibility index (Phi) is 3.84. The van der Waals surface area contributed by atoms with E-state index in [0.717, 1.165) is 12.1 Å². The maximum absolute atomic E-state index is 13.7. The number of amides is 1. The monoisotopic (exact) mass is 314 g/mol. The van der Waals surface area contributed by atoms with Crippen molar-refractivity contribution in [1.29, 1.82) is 0 Å². The van der Waals surface area contributed by atoms with Gasteiger partial charge in [0.25, 0.3) is 5.91 Å². The van der Waals surface area contributed by atoms with Gasteiger partial charge in [0.2, 0.25) is 0 Å². The normalized spacial score (nSPS) is 10.6. The van der Waals surface area contributed by atoms with Gasteiger partial charge in [0.15, 0.2) is 5.82 Å². The van der Waals surface area contributed by atoms with Crippen molar-refractivity contribution in [2.24, 2.45) is 7.05 Å². The van der Waals surface area contributed by atoms with Crippen LogP contribution >= 0.6 is 0 Å². The molecule has 0 atom stereocenters. The second-order valence-electron chi connectivity index (χ2n) is 4.89. The number of rotatable bonds is 3. The van der Waals surface area contributed by atoms with E-state index in [4.69, 9.17) is 0 Å². The lowest BCUT2D eigenvalue weighted by Crippen LogP contribution is -2.15. The van der Waals surface area contributed by atoms with Crippen molar-refractivity contribution in [2.45, 2.75) is 0 Å². The molecule has 116 valence electrons. The molecule has 1 heterocycles. The minimum atomic E-state index is -0.918. The topological polar surface area (TPSA) is 59.8 Å². The SMILES string of the molecule is Cn1cnnc1-c1ccccc1NC(=O)c1ccc(F)cc1F. The van der Waals surface area contributed by atoms with Gasteiger partial charge in [-0.25, -0.2) is 8.78 Å². The van der Waals surface area contributed by atoms with Crippen LogP contribution < -0.4 is 5.32 Å². The van der Waals surface area contributed by atoms with Crippen molar-refractivity contribution >= 4 is 11.6 Å². The van der Waals surface area contributed by atoms with Crippen LogP contribution in [-0.2, 0) is 7.05 Å². The first-order valence-corrected chi connectivity index (χ1v) is 6.76. The van der Waals surface area contributed by atoms with Crippen molar-refractivity contribution in [3.8, 4) is 11.4 Å². The Morgan fingerprint density at radius 3 is 2.65 bits per heavy atom. The average molecular weight is 314 g/mol. The number of anilines is 1. The van der Waals surface area contributed by atoms with Crippen LogP contribution in [0.15, 0.2) is 48.8 Å². The van der Waals surface area contributed by atoms with Gasteiger partial charge in [0.05, 0.1) is 11.3 Å². The Labute approximate surface area is 130 Å². The molecule has 1 N–H and O–H groups in total. The number of nitrogens with zero attached hydrogens (tertiary/aromatic N) is 3. The highest BCUT2D eigenvalue weighted by atomic mass is 19.1. The number of halogens is 2. The van der Waals surface area contributed by atoms with E-state index >= 15 is 0 Å². The maximum Gasteiger partial charge on any atom is 0.258 e. The van der Waals surface area contributed by atoms with Crippen molar-refractivity contribution in [3.05, 3.63) is 66.0 Å². The van der Waals surface area contributed by atoms with Gasteiger partial charge < -0.3 is 9.88 Å². The number of aromatic nitrogens is 3. The number of carbonyl (C=O) groups excluding carboxylic acids is 1. The Morgan fingerprint density at radius 2 is 1.96 bits per heavy atom. The molecule has 2 aromatic carbocycles. The summed E-state index contributed by atoms with van der Waals surface area (Å²) in [6.07, 6.45) is 1.54. The van der Waals surface area contributed by atoms with E-state index in [9.17, 15) is 13.6 Å². The number of para-hydroxylation sites is 1. The molecule has 0 saturated heterocycles. The fourth-order valence-corrected chi connectivity index (χ4v) is 2.18. The summed E-state index contributed by atoms with van der Waals surface area (Å²) in [6.45, 7) is 0. The molecule has 7 heteroatoms. The third kappa shape index (κ3) is 2.94. The minimum Gasteiger partial charge on any atom is -0.321 e. The standard InChI is InChI=1S/C16H12F2N4O/c1-22-9-19-21-15(22)12-4-2-3-5-14(12)20-16(23)11-7-6-10(17)8-13(11)18/h2-9H,1H3,(H,20,23). The summed E-state index contributed by atoms with van der Waals surface area (Å²) in [6, 6.07) is 9.76. The first-order chi connectivity index (χ1) is 11.1. The van der Waals surface area contributed by atoms with Gasteiger partial charge in [0, 0.05) is 18.7 Å². The van der Waals surface area contributed by atoms with Gasteiger partial charge in [-0.15, -0.1) is 10.2 Å². The minimum absolute atomic E-state index is 0.237. The molecule has 1 amide bonds. The summed E-state index contributed by atoms with van der Waals surface area (Å²) in [5, 5.41) is 10.4. The molecule has 23 heavy (non-hydrogen) atoms. The fourth-order valence-electron chi connectivity index (χ4n) is 2.18. The zero-order chi connectivity index (χ0) is 16.4. The predicted octanol–water partition coefficient (Wildman–Crippen LogP) is 3.01. The first-order valence-electron chi connectivity index (χ1n) is 6.76. The van der Waals surface area contributed by atoms with Crippen molar-refractivity contribution < 1.29 is 13.6 Å². The smallest absolute Gasteiger partial charge is 0.258 e. The zero-order valence-corrected chi connectivity index (χ0v) is 12.1. The highest BCUT2D eigenvalue weighted by Crippen LogP contribution is 2.26. The van der Waals surface area contributed by atoms with Gasteiger partial charge in [-0.1, -0.05) is 12.1 Å². The molecule has 0 aliphatic rings. The Bertz CT molecular complexity index is 876. The van der Waals surface area contributed by atoms with Gasteiger partial charge in [-0.05, 0) is 24.3 Å². The zero-order valence-electron chi connectivity index (χ0n) is 12.1. The van der Waals surface area contributed by atoms with E-state index in [1.165, 1.54) is 6.33 Å². The number of carbonyl (C=O) groups is 1. The second kappa shape index (κ2) is 5.96. The van der Waals surface area contributed by atoms with Gasteiger partial charge in [0.1, 0.15) is 18.0 Å². The Balaban J connectivity index is 1.95. The van der Waals surface area contributed by atoms with Crippen LogP contribution in [0.2, 0.25) is 0 Å². The van der Waals surface area contributed by atoms with Crippen LogP contribution in [0.3, 0.4) is 0 Å². The van der Waals surface area contributed by atoms with E-state index < -0.39 is 17.5 Å². The van der Waals surface area contributed by atoms with E-state index in [-0.39, 0.29) is 5.56 Å². The highest BCUT2D eigenvalue weighted by Gasteiger charge is 2.16. The van der Waals surface area contributed by atoms with Crippen LogP contribution in [0.5, 0.6) is 0 Å². The maximum atomic E-state index is 13.7. The van der Waals surface area contributed by atoms with E-state index in [0.29, 0.717) is 23.1 Å². The molecule has 3 rings (SSSR count). The third-order valence-corrected chi connectivity index (χ3v) is 3.30. The van der Waals surface area contributed by atoms with E-state index in [1.54, 1.807) is 35.9 Å². The predicted molar refractivity (Wildman–Crippen MR) is 80.8 cm³/mol. The molecule has 0 fully saturated rings. The van der Waals surface area contributed by atoms with Crippen molar-refractivity contribution in [2.75, 3.05) is 5.32 Å². The fraction of sp³-hybridized carbons (Fsp3) is 0.0625. The molecular formula is C16H12F2N4O. The lowest BCUT2D eigenvalue weighted by Gasteiger charge is -2.11. The van der Waals surface area contributed by atoms with Crippen molar-refractivity contribution in [1.82, 2.24) is 14.8 Å². The summed E-state index contributed by atoms with van der Waals surface area (Å²) >= 11 is 0. The largest absolute Gasteiger partial charge is 0.321 e. The van der Waals surface area contributed by atoms with Crippen LogP contribution in [-0.4, -0.2) is 20.7 Å². The molecule has 1 aromatic heterocycles. The second-order valence-corrected chi connectivity index (χ2v) is 4.89. The van der Waals surface area contributed by atoms with E-state index in [2.05, 4.69) is 15.5 Å². The summed E-state index contributed by atoms with van der Waals surface area (Å²) in [5.41, 5.74) is 0.861. The number of aryl methyl sites for hydroxylation is 1.